The minimum absolute atomic E-state index is 0.119. The summed E-state index contributed by atoms with van der Waals surface area (Å²) in [6.07, 6.45) is -0.438. The molecule has 0 radical (unpaired) electrons. The average Bonchev–Trinajstić information content (AvgIpc) is 2.87. The SMILES string of the molecule is C=C(C)[C@H]1C[C@H](c2cccc(Cl)c2)[C@H](c2ccc(F)cc2)O[C@@H]1c1cc(OC)cc(Cl)c1OCC(=O)O. The highest BCUT2D eigenvalue weighted by molar-refractivity contribution is 6.32. The van der Waals surface area contributed by atoms with Crippen molar-refractivity contribution < 1.29 is 28.5 Å². The van der Waals surface area contributed by atoms with Crippen molar-refractivity contribution in [3.63, 3.8) is 0 Å². The Bertz CT molecular complexity index is 1290. The van der Waals surface area contributed by atoms with Gasteiger partial charge in [-0.25, -0.2) is 9.18 Å². The van der Waals surface area contributed by atoms with E-state index in [9.17, 15) is 14.3 Å². The number of carbonyl (C=O) groups is 1. The monoisotopic (exact) mass is 544 g/mol. The molecule has 5 nitrogen and oxygen atoms in total. The van der Waals surface area contributed by atoms with E-state index in [1.165, 1.54) is 19.2 Å². The lowest BCUT2D eigenvalue weighted by molar-refractivity contribution is -0.139. The molecular formula is C29H27Cl2FO5. The molecule has 1 N–H and O–H groups in total. The number of hydrogen-bond donors (Lipinski definition) is 1. The first-order chi connectivity index (χ1) is 17.7. The van der Waals surface area contributed by atoms with Crippen molar-refractivity contribution in [3.05, 3.63) is 105 Å². The van der Waals surface area contributed by atoms with Crippen LogP contribution >= 0.6 is 23.2 Å². The van der Waals surface area contributed by atoms with Gasteiger partial charge < -0.3 is 19.3 Å². The molecule has 0 spiro atoms. The standard InChI is InChI=1S/C29H27Cl2FO5/c1-16(2)22-14-23(18-5-4-6-19(30)11-18)27(17-7-9-20(32)10-8-17)37-28(22)24-12-21(35-3)13-25(31)29(24)36-15-26(33)34/h4-13,22-23,27-28H,1,14-15H2,2-3H3,(H,33,34)/t22-,23-,27+,28+/m1/s1. The fourth-order valence-corrected chi connectivity index (χ4v) is 5.30. The topological polar surface area (TPSA) is 65.0 Å². The predicted octanol–water partition coefficient (Wildman–Crippen LogP) is 7.78. The van der Waals surface area contributed by atoms with E-state index in [0.717, 1.165) is 16.7 Å². The predicted molar refractivity (Wildman–Crippen MR) is 141 cm³/mol. The first kappa shape index (κ1) is 27.0. The Labute approximate surface area is 225 Å². The minimum Gasteiger partial charge on any atom is -0.497 e. The molecule has 1 heterocycles. The Morgan fingerprint density at radius 3 is 2.46 bits per heavy atom. The van der Waals surface area contributed by atoms with Gasteiger partial charge in [0.1, 0.15) is 17.3 Å². The molecule has 3 aromatic rings. The Kier molecular flexibility index (Phi) is 8.42. The zero-order valence-electron chi connectivity index (χ0n) is 20.4. The molecule has 0 amide bonds. The molecule has 37 heavy (non-hydrogen) atoms. The van der Waals surface area contributed by atoms with Crippen LogP contribution in [0.2, 0.25) is 10.0 Å². The maximum absolute atomic E-state index is 13.8. The van der Waals surface area contributed by atoms with Crippen molar-refractivity contribution in [2.45, 2.75) is 31.5 Å². The lowest BCUT2D eigenvalue weighted by Crippen LogP contribution is -2.32. The zero-order valence-corrected chi connectivity index (χ0v) is 21.9. The molecule has 0 bridgehead atoms. The summed E-state index contributed by atoms with van der Waals surface area (Å²) >= 11 is 12.9. The third-order valence-electron chi connectivity index (χ3n) is 6.57. The van der Waals surface area contributed by atoms with Crippen molar-refractivity contribution in [2.75, 3.05) is 13.7 Å². The van der Waals surface area contributed by atoms with E-state index in [2.05, 4.69) is 6.58 Å². The second kappa shape index (κ2) is 11.5. The summed E-state index contributed by atoms with van der Waals surface area (Å²) in [4.78, 5) is 11.3. The van der Waals surface area contributed by atoms with Crippen molar-refractivity contribution in [1.82, 2.24) is 0 Å². The number of carboxylic acids is 1. The van der Waals surface area contributed by atoms with Crippen LogP contribution in [0.5, 0.6) is 11.5 Å². The summed E-state index contributed by atoms with van der Waals surface area (Å²) in [6.45, 7) is 5.57. The highest BCUT2D eigenvalue weighted by atomic mass is 35.5. The number of methoxy groups -OCH3 is 1. The summed E-state index contributed by atoms with van der Waals surface area (Å²) in [7, 11) is 1.52. The van der Waals surface area contributed by atoms with E-state index >= 15 is 0 Å². The maximum Gasteiger partial charge on any atom is 0.341 e. The fourth-order valence-electron chi connectivity index (χ4n) is 4.83. The Hall–Kier alpha value is -3.06. The number of benzene rings is 3. The quantitative estimate of drug-likeness (QED) is 0.293. The molecule has 1 saturated heterocycles. The van der Waals surface area contributed by atoms with Gasteiger partial charge in [0.15, 0.2) is 6.61 Å². The Morgan fingerprint density at radius 1 is 1.11 bits per heavy atom. The highest BCUT2D eigenvalue weighted by Crippen LogP contribution is 2.54. The van der Waals surface area contributed by atoms with Crippen LogP contribution in [-0.4, -0.2) is 24.8 Å². The van der Waals surface area contributed by atoms with Gasteiger partial charge in [-0.2, -0.15) is 0 Å². The molecule has 1 aliphatic heterocycles. The summed E-state index contributed by atoms with van der Waals surface area (Å²) in [5, 5.41) is 10.0. The molecule has 194 valence electrons. The van der Waals surface area contributed by atoms with Gasteiger partial charge in [0.05, 0.1) is 24.3 Å². The molecule has 0 aliphatic carbocycles. The Balaban J connectivity index is 1.85. The number of carboxylic acid groups (broad SMARTS) is 1. The van der Waals surface area contributed by atoms with E-state index in [1.807, 2.05) is 31.2 Å². The highest BCUT2D eigenvalue weighted by Gasteiger charge is 2.42. The average molecular weight is 545 g/mol. The summed E-state index contributed by atoms with van der Waals surface area (Å²) in [5.41, 5.74) is 3.20. The molecule has 3 aromatic carbocycles. The molecule has 4 atom stereocenters. The van der Waals surface area contributed by atoms with E-state index in [1.54, 1.807) is 24.3 Å². The molecule has 1 aliphatic rings. The van der Waals surface area contributed by atoms with Crippen LogP contribution in [-0.2, 0) is 9.53 Å². The van der Waals surface area contributed by atoms with Gasteiger partial charge in [0.2, 0.25) is 0 Å². The molecular weight excluding hydrogens is 518 g/mol. The van der Waals surface area contributed by atoms with Crippen LogP contribution in [0.4, 0.5) is 4.39 Å². The minimum atomic E-state index is -1.14. The van der Waals surface area contributed by atoms with Crippen molar-refractivity contribution >= 4 is 29.2 Å². The van der Waals surface area contributed by atoms with E-state index in [0.29, 0.717) is 22.8 Å². The number of ether oxygens (including phenoxy) is 3. The number of rotatable bonds is 8. The van der Waals surface area contributed by atoms with Gasteiger partial charge in [0.25, 0.3) is 0 Å². The van der Waals surface area contributed by atoms with Crippen LogP contribution < -0.4 is 9.47 Å². The van der Waals surface area contributed by atoms with Gasteiger partial charge in [-0.15, -0.1) is 0 Å². The molecule has 0 saturated carbocycles. The molecule has 8 heteroatoms. The second-order valence-electron chi connectivity index (χ2n) is 9.09. The first-order valence-electron chi connectivity index (χ1n) is 11.7. The lowest BCUT2D eigenvalue weighted by Gasteiger charge is -2.43. The smallest absolute Gasteiger partial charge is 0.341 e. The lowest BCUT2D eigenvalue weighted by atomic mass is 9.74. The normalized spacial score (nSPS) is 21.3. The number of aliphatic carboxylic acids is 1. The number of halogens is 3. The van der Waals surface area contributed by atoms with Crippen LogP contribution in [0, 0.1) is 11.7 Å². The van der Waals surface area contributed by atoms with E-state index in [-0.39, 0.29) is 28.4 Å². The fraction of sp³-hybridized carbons (Fsp3) is 0.276. The van der Waals surface area contributed by atoms with Crippen LogP contribution in [0.15, 0.2) is 72.8 Å². The van der Waals surface area contributed by atoms with Gasteiger partial charge >= 0.3 is 5.97 Å². The zero-order chi connectivity index (χ0) is 26.7. The molecule has 4 rings (SSSR count). The summed E-state index contributed by atoms with van der Waals surface area (Å²) in [5.74, 6) is -1.10. The maximum atomic E-state index is 13.8. The number of hydrogen-bond acceptors (Lipinski definition) is 4. The van der Waals surface area contributed by atoms with E-state index < -0.39 is 24.8 Å². The van der Waals surface area contributed by atoms with Crippen LogP contribution in [0.1, 0.15) is 48.2 Å². The third kappa shape index (κ3) is 6.09. The van der Waals surface area contributed by atoms with Crippen LogP contribution in [0.3, 0.4) is 0 Å². The first-order valence-corrected chi connectivity index (χ1v) is 12.5. The van der Waals surface area contributed by atoms with Gasteiger partial charge in [-0.1, -0.05) is 59.6 Å². The second-order valence-corrected chi connectivity index (χ2v) is 9.93. The molecule has 0 aromatic heterocycles. The van der Waals surface area contributed by atoms with Gasteiger partial charge in [-0.3, -0.25) is 0 Å². The van der Waals surface area contributed by atoms with Crippen molar-refractivity contribution in [2.24, 2.45) is 5.92 Å². The van der Waals surface area contributed by atoms with Gasteiger partial charge in [0, 0.05) is 28.5 Å². The summed E-state index contributed by atoms with van der Waals surface area (Å²) < 4.78 is 31.7. The largest absolute Gasteiger partial charge is 0.497 e. The van der Waals surface area contributed by atoms with Crippen LogP contribution in [0.25, 0.3) is 0 Å². The van der Waals surface area contributed by atoms with Crippen molar-refractivity contribution in [3.8, 4) is 11.5 Å². The molecule has 0 unspecified atom stereocenters. The third-order valence-corrected chi connectivity index (χ3v) is 7.08. The Morgan fingerprint density at radius 2 is 1.84 bits per heavy atom. The van der Waals surface area contributed by atoms with E-state index in [4.69, 9.17) is 37.4 Å². The molecule has 1 fully saturated rings. The van der Waals surface area contributed by atoms with Crippen molar-refractivity contribution in [1.29, 1.82) is 0 Å². The summed E-state index contributed by atoms with van der Waals surface area (Å²) in [6, 6.07) is 17.1. The van der Waals surface area contributed by atoms with Gasteiger partial charge in [-0.05, 0) is 54.8 Å².